The molecule has 27 heavy (non-hydrogen) atoms. The molecule has 0 spiro atoms. The van der Waals surface area contributed by atoms with Gasteiger partial charge in [0.15, 0.2) is 6.29 Å². The van der Waals surface area contributed by atoms with Crippen LogP contribution in [-0.4, -0.2) is 32.6 Å². The summed E-state index contributed by atoms with van der Waals surface area (Å²) in [6, 6.07) is 5.61. The number of pyridine rings is 1. The van der Waals surface area contributed by atoms with Gasteiger partial charge in [0.05, 0.1) is 5.69 Å². The minimum Gasteiger partial charge on any atom is -0.322 e. The molecule has 2 amide bonds. The van der Waals surface area contributed by atoms with E-state index < -0.39 is 0 Å². The van der Waals surface area contributed by atoms with E-state index >= 15 is 0 Å². The van der Waals surface area contributed by atoms with E-state index in [4.69, 9.17) is 0 Å². The summed E-state index contributed by atoms with van der Waals surface area (Å²) in [4.78, 5) is 28.4. The highest BCUT2D eigenvalue weighted by atomic mass is 16.2. The molecule has 2 aromatic rings. The van der Waals surface area contributed by atoms with Gasteiger partial charge in [0.2, 0.25) is 11.8 Å². The summed E-state index contributed by atoms with van der Waals surface area (Å²) in [6.07, 6.45) is 1.00. The number of nitrogens with one attached hydrogen (secondary N) is 3. The van der Waals surface area contributed by atoms with Crippen LogP contribution in [0.4, 0.5) is 5.82 Å². The zero-order valence-corrected chi connectivity index (χ0v) is 16.2. The van der Waals surface area contributed by atoms with Gasteiger partial charge in [-0.2, -0.15) is 5.10 Å². The maximum Gasteiger partial charge on any atom is 0.225 e. The summed E-state index contributed by atoms with van der Waals surface area (Å²) in [6.45, 7) is 7.74. The van der Waals surface area contributed by atoms with Crippen LogP contribution in [0.1, 0.15) is 48.7 Å². The number of aryl methyl sites for hydroxylation is 2. The second kappa shape index (κ2) is 7.87. The molecule has 2 unspecified atom stereocenters. The van der Waals surface area contributed by atoms with E-state index in [9.17, 15) is 9.59 Å². The van der Waals surface area contributed by atoms with E-state index in [0.717, 1.165) is 22.6 Å². The van der Waals surface area contributed by atoms with Crippen molar-refractivity contribution in [2.45, 2.75) is 59.3 Å². The van der Waals surface area contributed by atoms with Crippen LogP contribution in [0.2, 0.25) is 0 Å². The first-order chi connectivity index (χ1) is 12.8. The second-order valence-corrected chi connectivity index (χ2v) is 7.05. The topological polar surface area (TPSA) is 101 Å². The van der Waals surface area contributed by atoms with Crippen molar-refractivity contribution in [3.8, 4) is 0 Å². The molecular weight excluding hydrogens is 344 g/mol. The predicted molar refractivity (Wildman–Crippen MR) is 102 cm³/mol. The summed E-state index contributed by atoms with van der Waals surface area (Å²) >= 11 is 0. The van der Waals surface area contributed by atoms with E-state index in [2.05, 4.69) is 26.0 Å². The molecule has 3 heterocycles. The Bertz CT molecular complexity index is 860. The fourth-order valence-electron chi connectivity index (χ4n) is 3.36. The molecule has 1 aliphatic heterocycles. The largest absolute Gasteiger partial charge is 0.322 e. The van der Waals surface area contributed by atoms with Crippen molar-refractivity contribution in [1.29, 1.82) is 0 Å². The highest BCUT2D eigenvalue weighted by molar-refractivity contribution is 5.89. The molecule has 144 valence electrons. The number of nitrogens with zero attached hydrogens (tertiary/aromatic N) is 3. The lowest BCUT2D eigenvalue weighted by molar-refractivity contribution is -0.125. The van der Waals surface area contributed by atoms with E-state index in [1.807, 2.05) is 39.8 Å². The summed E-state index contributed by atoms with van der Waals surface area (Å²) in [5.41, 5.74) is 3.69. The molecule has 1 fully saturated rings. The molecule has 3 rings (SSSR count). The zero-order chi connectivity index (χ0) is 19.6. The monoisotopic (exact) mass is 370 g/mol. The van der Waals surface area contributed by atoms with Gasteiger partial charge in [-0.3, -0.25) is 14.9 Å². The van der Waals surface area contributed by atoms with Gasteiger partial charge < -0.3 is 10.6 Å². The highest BCUT2D eigenvalue weighted by Crippen LogP contribution is 2.19. The highest BCUT2D eigenvalue weighted by Gasteiger charge is 2.26. The fraction of sp³-hybridized carbons (Fsp3) is 0.474. The maximum atomic E-state index is 12.3. The first-order valence-electron chi connectivity index (χ1n) is 9.17. The molecule has 8 nitrogen and oxygen atoms in total. The van der Waals surface area contributed by atoms with Crippen LogP contribution in [0.25, 0.3) is 0 Å². The van der Waals surface area contributed by atoms with Gasteiger partial charge in [0.1, 0.15) is 5.82 Å². The number of hydrogen-bond acceptors (Lipinski definition) is 5. The first kappa shape index (κ1) is 19.0. The van der Waals surface area contributed by atoms with Gasteiger partial charge in [0.25, 0.3) is 0 Å². The quantitative estimate of drug-likeness (QED) is 0.744. The Labute approximate surface area is 158 Å². The third-order valence-corrected chi connectivity index (χ3v) is 4.71. The van der Waals surface area contributed by atoms with E-state index in [1.54, 1.807) is 10.7 Å². The van der Waals surface area contributed by atoms with Crippen molar-refractivity contribution in [2.24, 2.45) is 0 Å². The van der Waals surface area contributed by atoms with Crippen molar-refractivity contribution in [3.63, 3.8) is 0 Å². The van der Waals surface area contributed by atoms with Crippen LogP contribution in [-0.2, 0) is 16.0 Å². The van der Waals surface area contributed by atoms with Crippen LogP contribution in [0, 0.1) is 20.8 Å². The average molecular weight is 370 g/mol. The lowest BCUT2D eigenvalue weighted by Gasteiger charge is -2.30. The fourth-order valence-corrected chi connectivity index (χ4v) is 3.36. The average Bonchev–Trinajstić information content (AvgIpc) is 2.86. The number of amides is 2. The van der Waals surface area contributed by atoms with Gasteiger partial charge in [-0.15, -0.1) is 0 Å². The van der Waals surface area contributed by atoms with Crippen LogP contribution in [0.5, 0.6) is 0 Å². The zero-order valence-electron chi connectivity index (χ0n) is 16.2. The van der Waals surface area contributed by atoms with Crippen molar-refractivity contribution in [3.05, 3.63) is 40.8 Å². The van der Waals surface area contributed by atoms with Gasteiger partial charge in [-0.05, 0) is 51.8 Å². The Balaban J connectivity index is 1.66. The molecule has 8 heteroatoms. The van der Waals surface area contributed by atoms with Crippen LogP contribution in [0.15, 0.2) is 18.2 Å². The standard InChI is InChI=1S/C19H26N6O2/c1-11-6-5-7-16(20-11)22-17(26)9-8-15-13(3)24-25(14(15)4)19-21-12(2)10-18(27)23-19/h5-7,12,19,21H,8-10H2,1-4H3,(H,23,27)(H,20,22,26). The molecule has 0 bridgehead atoms. The van der Waals surface area contributed by atoms with Gasteiger partial charge >= 0.3 is 0 Å². The molecule has 3 N–H and O–H groups in total. The Kier molecular flexibility index (Phi) is 5.55. The Hall–Kier alpha value is -2.74. The lowest BCUT2D eigenvalue weighted by atomic mass is 10.1. The lowest BCUT2D eigenvalue weighted by Crippen LogP contribution is -2.52. The summed E-state index contributed by atoms with van der Waals surface area (Å²) in [5.74, 6) is 0.481. The van der Waals surface area contributed by atoms with E-state index in [-0.39, 0.29) is 24.1 Å². The molecule has 0 radical (unpaired) electrons. The SMILES string of the molecule is Cc1cccc(NC(=O)CCc2c(C)nn(C3NC(=O)CC(C)N3)c2C)n1. The van der Waals surface area contributed by atoms with E-state index in [1.165, 1.54) is 0 Å². The second-order valence-electron chi connectivity index (χ2n) is 7.05. The molecule has 0 aromatic carbocycles. The minimum absolute atomic E-state index is 0.00499. The predicted octanol–water partition coefficient (Wildman–Crippen LogP) is 1.73. The summed E-state index contributed by atoms with van der Waals surface area (Å²) in [5, 5.41) is 13.6. The molecule has 0 saturated carbocycles. The van der Waals surface area contributed by atoms with E-state index in [0.29, 0.717) is 25.1 Å². The van der Waals surface area contributed by atoms with Gasteiger partial charge in [0, 0.05) is 30.3 Å². The Morgan fingerprint density at radius 3 is 2.81 bits per heavy atom. The smallest absolute Gasteiger partial charge is 0.225 e. The normalized spacial score (nSPS) is 19.6. The number of carbonyl (C=O) groups is 2. The third-order valence-electron chi connectivity index (χ3n) is 4.71. The minimum atomic E-state index is -0.362. The molecule has 0 aliphatic carbocycles. The number of anilines is 1. The molecule has 2 atom stereocenters. The molecular formula is C19H26N6O2. The maximum absolute atomic E-state index is 12.3. The number of rotatable bonds is 5. The van der Waals surface area contributed by atoms with Crippen LogP contribution >= 0.6 is 0 Å². The Morgan fingerprint density at radius 1 is 1.33 bits per heavy atom. The van der Waals surface area contributed by atoms with Gasteiger partial charge in [-0.1, -0.05) is 6.07 Å². The van der Waals surface area contributed by atoms with Crippen LogP contribution < -0.4 is 16.0 Å². The third kappa shape index (κ3) is 4.51. The number of aromatic nitrogens is 3. The molecule has 2 aromatic heterocycles. The van der Waals surface area contributed by atoms with Crippen molar-refractivity contribution < 1.29 is 9.59 Å². The summed E-state index contributed by atoms with van der Waals surface area (Å²) in [7, 11) is 0. The number of carbonyl (C=O) groups excluding carboxylic acids is 2. The Morgan fingerprint density at radius 2 is 2.11 bits per heavy atom. The van der Waals surface area contributed by atoms with Crippen molar-refractivity contribution in [2.75, 3.05) is 5.32 Å². The number of hydrogen-bond donors (Lipinski definition) is 3. The van der Waals surface area contributed by atoms with Crippen molar-refractivity contribution >= 4 is 17.6 Å². The van der Waals surface area contributed by atoms with Crippen LogP contribution in [0.3, 0.4) is 0 Å². The van der Waals surface area contributed by atoms with Gasteiger partial charge in [-0.25, -0.2) is 9.67 Å². The van der Waals surface area contributed by atoms with Crippen molar-refractivity contribution in [1.82, 2.24) is 25.4 Å². The molecule has 1 aliphatic rings. The molecule has 1 saturated heterocycles. The summed E-state index contributed by atoms with van der Waals surface area (Å²) < 4.78 is 1.79. The first-order valence-corrected chi connectivity index (χ1v) is 9.17.